The molecule has 0 bridgehead atoms. The molecule has 1 saturated carbocycles. The first-order chi connectivity index (χ1) is 5.52. The van der Waals surface area contributed by atoms with Crippen molar-refractivity contribution in [3.63, 3.8) is 0 Å². The van der Waals surface area contributed by atoms with Crippen molar-refractivity contribution in [1.82, 2.24) is 0 Å². The van der Waals surface area contributed by atoms with Gasteiger partial charge in [0.1, 0.15) is 0 Å². The summed E-state index contributed by atoms with van der Waals surface area (Å²) >= 11 is 3.96. The third-order valence-electron chi connectivity index (χ3n) is 3.87. The van der Waals surface area contributed by atoms with Crippen LogP contribution in [0.25, 0.3) is 0 Å². The normalized spacial score (nSPS) is 41.7. The zero-order valence-electron chi connectivity index (χ0n) is 8.13. The van der Waals surface area contributed by atoms with Gasteiger partial charge in [-0.15, -0.1) is 12.6 Å². The lowest BCUT2D eigenvalue weighted by Crippen LogP contribution is -2.29. The Kier molecular flexibility index (Phi) is 2.87. The quantitative estimate of drug-likeness (QED) is 0.656. The van der Waals surface area contributed by atoms with E-state index in [4.69, 9.17) is 0 Å². The summed E-state index contributed by atoms with van der Waals surface area (Å²) in [6.45, 7) is 6.65. The summed E-state index contributed by atoms with van der Waals surface area (Å²) in [6.07, 6.45) is 3.31. The number of thiol groups is 1. The first-order valence-electron chi connectivity index (χ1n) is 4.75. The number of hydrogen-bond acceptors (Lipinski definition) is 1. The van der Waals surface area contributed by atoms with Crippen molar-refractivity contribution in [3.05, 3.63) is 0 Å². The van der Waals surface area contributed by atoms with Gasteiger partial charge in [-0.3, -0.25) is 4.79 Å². The maximum Gasteiger partial charge on any atom is 0.189 e. The highest BCUT2D eigenvalue weighted by Gasteiger charge is 2.45. The van der Waals surface area contributed by atoms with Gasteiger partial charge in [0.25, 0.3) is 0 Å². The fourth-order valence-corrected chi connectivity index (χ4v) is 2.84. The van der Waals surface area contributed by atoms with Gasteiger partial charge >= 0.3 is 0 Å². The minimum atomic E-state index is 0.0868. The van der Waals surface area contributed by atoms with Crippen LogP contribution in [-0.2, 0) is 4.79 Å². The monoisotopic (exact) mass is 186 g/mol. The van der Waals surface area contributed by atoms with Crippen LogP contribution in [0.15, 0.2) is 0 Å². The van der Waals surface area contributed by atoms with Crippen LogP contribution in [0, 0.1) is 17.3 Å². The molecule has 1 rings (SSSR count). The molecule has 1 nitrogen and oxygen atoms in total. The van der Waals surface area contributed by atoms with Crippen molar-refractivity contribution in [1.29, 1.82) is 0 Å². The predicted molar refractivity (Wildman–Crippen MR) is 54.3 cm³/mol. The molecule has 1 aliphatic rings. The fourth-order valence-electron chi connectivity index (χ4n) is 2.42. The summed E-state index contributed by atoms with van der Waals surface area (Å²) in [4.78, 5) is 11.2. The van der Waals surface area contributed by atoms with Crippen LogP contribution in [0.3, 0.4) is 0 Å². The molecule has 0 aromatic heterocycles. The van der Waals surface area contributed by atoms with Crippen molar-refractivity contribution < 1.29 is 4.79 Å². The number of hydrogen-bond donors (Lipinski definition) is 1. The van der Waals surface area contributed by atoms with Gasteiger partial charge < -0.3 is 0 Å². The molecular formula is C10H18OS. The Bertz CT molecular complexity index is 190. The zero-order chi connectivity index (χ0) is 9.35. The molecule has 3 unspecified atom stereocenters. The molecule has 0 heterocycles. The summed E-state index contributed by atoms with van der Waals surface area (Å²) in [6, 6.07) is 0. The van der Waals surface area contributed by atoms with E-state index in [0.717, 1.165) is 12.8 Å². The van der Waals surface area contributed by atoms with Crippen molar-refractivity contribution >= 4 is 17.7 Å². The molecule has 0 radical (unpaired) electrons. The van der Waals surface area contributed by atoms with Gasteiger partial charge in [0.2, 0.25) is 0 Å². The Morgan fingerprint density at radius 1 is 1.58 bits per heavy atom. The minimum Gasteiger partial charge on any atom is -0.287 e. The Morgan fingerprint density at radius 3 is 2.50 bits per heavy atom. The first-order valence-corrected chi connectivity index (χ1v) is 5.20. The van der Waals surface area contributed by atoms with E-state index in [1.54, 1.807) is 0 Å². The molecule has 3 atom stereocenters. The Morgan fingerprint density at radius 2 is 2.17 bits per heavy atom. The second-order valence-electron chi connectivity index (χ2n) is 4.23. The number of rotatable bonds is 2. The molecule has 70 valence electrons. The second-order valence-corrected chi connectivity index (χ2v) is 4.67. The lowest BCUT2D eigenvalue weighted by atomic mass is 9.73. The molecule has 12 heavy (non-hydrogen) atoms. The lowest BCUT2D eigenvalue weighted by Gasteiger charge is -2.32. The summed E-state index contributed by atoms with van der Waals surface area (Å²) < 4.78 is 0. The van der Waals surface area contributed by atoms with Crippen LogP contribution in [0.2, 0.25) is 0 Å². The summed E-state index contributed by atoms with van der Waals surface area (Å²) in [7, 11) is 0. The van der Waals surface area contributed by atoms with Crippen LogP contribution in [0.5, 0.6) is 0 Å². The second kappa shape index (κ2) is 3.41. The van der Waals surface area contributed by atoms with Crippen molar-refractivity contribution in [3.8, 4) is 0 Å². The molecule has 0 N–H and O–H groups in total. The third-order valence-corrected chi connectivity index (χ3v) is 4.18. The van der Waals surface area contributed by atoms with Crippen LogP contribution in [-0.4, -0.2) is 5.12 Å². The van der Waals surface area contributed by atoms with Crippen LogP contribution >= 0.6 is 12.6 Å². The van der Waals surface area contributed by atoms with Gasteiger partial charge in [0.15, 0.2) is 5.12 Å². The van der Waals surface area contributed by atoms with Crippen LogP contribution in [0.1, 0.15) is 40.0 Å². The smallest absolute Gasteiger partial charge is 0.189 e. The summed E-state index contributed by atoms with van der Waals surface area (Å²) in [5.74, 6) is 0.865. The Hall–Kier alpha value is 0.0200. The van der Waals surface area contributed by atoms with E-state index in [1.165, 1.54) is 6.42 Å². The van der Waals surface area contributed by atoms with Gasteiger partial charge in [0, 0.05) is 5.92 Å². The molecule has 0 aromatic carbocycles. The first kappa shape index (κ1) is 10.1. The van der Waals surface area contributed by atoms with Gasteiger partial charge in [-0.05, 0) is 30.6 Å². The number of carbonyl (C=O) groups excluding carboxylic acids is 1. The average Bonchev–Trinajstić information content (AvgIpc) is 2.30. The molecule has 0 amide bonds. The van der Waals surface area contributed by atoms with Crippen LogP contribution in [0.4, 0.5) is 0 Å². The van der Waals surface area contributed by atoms with Gasteiger partial charge in [-0.25, -0.2) is 0 Å². The molecule has 0 spiro atoms. The Labute approximate surface area is 80.3 Å². The van der Waals surface area contributed by atoms with Gasteiger partial charge in [0.05, 0.1) is 0 Å². The number of carbonyl (C=O) groups is 1. The maximum atomic E-state index is 11.2. The van der Waals surface area contributed by atoms with E-state index in [2.05, 4.69) is 33.4 Å². The zero-order valence-corrected chi connectivity index (χ0v) is 9.03. The van der Waals surface area contributed by atoms with E-state index in [-0.39, 0.29) is 16.4 Å². The van der Waals surface area contributed by atoms with Gasteiger partial charge in [-0.2, -0.15) is 0 Å². The largest absolute Gasteiger partial charge is 0.287 e. The highest BCUT2D eigenvalue weighted by Crippen LogP contribution is 2.50. The van der Waals surface area contributed by atoms with Crippen molar-refractivity contribution in [2.45, 2.75) is 40.0 Å². The Balaban J connectivity index is 2.84. The predicted octanol–water partition coefficient (Wildman–Crippen LogP) is 2.91. The van der Waals surface area contributed by atoms with Gasteiger partial charge in [-0.1, -0.05) is 20.8 Å². The third kappa shape index (κ3) is 1.41. The highest BCUT2D eigenvalue weighted by molar-refractivity contribution is 7.96. The summed E-state index contributed by atoms with van der Waals surface area (Å²) in [5, 5.41) is 0.0868. The fraction of sp³-hybridized carbons (Fsp3) is 0.900. The lowest BCUT2D eigenvalue weighted by molar-refractivity contribution is -0.117. The van der Waals surface area contributed by atoms with E-state index in [0.29, 0.717) is 5.92 Å². The molecule has 0 aromatic rings. The highest BCUT2D eigenvalue weighted by atomic mass is 32.1. The van der Waals surface area contributed by atoms with Crippen molar-refractivity contribution in [2.24, 2.45) is 17.3 Å². The molecule has 2 heteroatoms. The topological polar surface area (TPSA) is 17.1 Å². The summed E-state index contributed by atoms with van der Waals surface area (Å²) in [5.41, 5.74) is 0.207. The molecule has 1 aliphatic carbocycles. The van der Waals surface area contributed by atoms with E-state index in [9.17, 15) is 4.79 Å². The van der Waals surface area contributed by atoms with Crippen LogP contribution < -0.4 is 0 Å². The standard InChI is InChI=1S/C10H18OS/c1-4-10(3)7(2)5-6-8(10)9(11)12/h7-8H,4-6H2,1-3H3,(H,11,12). The maximum absolute atomic E-state index is 11.2. The van der Waals surface area contributed by atoms with E-state index < -0.39 is 0 Å². The average molecular weight is 186 g/mol. The molecule has 0 aliphatic heterocycles. The van der Waals surface area contributed by atoms with E-state index in [1.807, 2.05) is 0 Å². The van der Waals surface area contributed by atoms with Crippen molar-refractivity contribution in [2.75, 3.05) is 0 Å². The SMILES string of the molecule is CCC1(C)C(C)CCC1C(=O)S. The molecular weight excluding hydrogens is 168 g/mol. The van der Waals surface area contributed by atoms with E-state index >= 15 is 0 Å². The molecule has 0 saturated heterocycles. The molecule has 1 fully saturated rings. The minimum absolute atomic E-state index is 0.0868.